The zero-order chi connectivity index (χ0) is 26.8. The second kappa shape index (κ2) is 13.7. The lowest BCUT2D eigenvalue weighted by Crippen LogP contribution is -2.11. The van der Waals surface area contributed by atoms with E-state index in [-0.39, 0.29) is 17.6 Å². The van der Waals surface area contributed by atoms with Gasteiger partial charge in [0.15, 0.2) is 5.13 Å². The summed E-state index contributed by atoms with van der Waals surface area (Å²) in [6.07, 6.45) is 6.05. The molecular formula is C29H34N2O5S. The number of benzene rings is 2. The second-order valence-corrected chi connectivity index (χ2v) is 9.61. The maximum absolute atomic E-state index is 12.7. The number of carboxylic acids is 1. The van der Waals surface area contributed by atoms with Crippen molar-refractivity contribution in [1.82, 2.24) is 4.98 Å². The Morgan fingerprint density at radius 3 is 2.57 bits per heavy atom. The van der Waals surface area contributed by atoms with Crippen molar-refractivity contribution < 1.29 is 24.2 Å². The molecule has 0 radical (unpaired) electrons. The summed E-state index contributed by atoms with van der Waals surface area (Å²) in [5.41, 5.74) is 3.88. The second-order valence-electron chi connectivity index (χ2n) is 8.75. The van der Waals surface area contributed by atoms with E-state index in [4.69, 9.17) is 14.6 Å². The third kappa shape index (κ3) is 7.74. The van der Waals surface area contributed by atoms with Gasteiger partial charge in [-0.2, -0.15) is 0 Å². The number of nitrogens with one attached hydrogen (secondary N) is 1. The summed E-state index contributed by atoms with van der Waals surface area (Å²) < 4.78 is 11.8. The zero-order valence-electron chi connectivity index (χ0n) is 21.7. The molecule has 3 aromatic rings. The number of amides is 1. The smallest absolute Gasteiger partial charge is 0.331 e. The number of aliphatic carboxylic acids is 1. The van der Waals surface area contributed by atoms with E-state index in [1.54, 1.807) is 37.5 Å². The van der Waals surface area contributed by atoms with E-state index < -0.39 is 5.97 Å². The Balaban J connectivity index is 1.70. The molecule has 1 atom stereocenters. The highest BCUT2D eigenvalue weighted by Crippen LogP contribution is 2.38. The molecule has 8 heteroatoms. The number of ether oxygens (including phenoxy) is 2. The number of unbranched alkanes of at least 4 members (excludes halogenated alkanes) is 3. The molecule has 0 saturated heterocycles. The zero-order valence-corrected chi connectivity index (χ0v) is 22.6. The molecule has 37 heavy (non-hydrogen) atoms. The molecule has 0 fully saturated rings. The van der Waals surface area contributed by atoms with Gasteiger partial charge in [-0.1, -0.05) is 50.5 Å². The van der Waals surface area contributed by atoms with Crippen molar-refractivity contribution in [2.45, 2.75) is 52.6 Å². The fourth-order valence-electron chi connectivity index (χ4n) is 3.85. The minimum Gasteiger partial charge on any atom is -0.496 e. The number of rotatable bonds is 13. The van der Waals surface area contributed by atoms with Crippen LogP contribution in [0, 0.1) is 0 Å². The predicted octanol–water partition coefficient (Wildman–Crippen LogP) is 7.22. The molecule has 0 bridgehead atoms. The van der Waals surface area contributed by atoms with Gasteiger partial charge in [0.2, 0.25) is 0 Å². The highest BCUT2D eigenvalue weighted by atomic mass is 32.1. The molecule has 1 aromatic heterocycles. The van der Waals surface area contributed by atoms with Gasteiger partial charge in [0.05, 0.1) is 18.9 Å². The van der Waals surface area contributed by atoms with Gasteiger partial charge in [-0.05, 0) is 50.1 Å². The normalized spacial score (nSPS) is 12.3. The van der Waals surface area contributed by atoms with Crippen molar-refractivity contribution in [1.29, 1.82) is 0 Å². The molecule has 2 aromatic carbocycles. The van der Waals surface area contributed by atoms with Gasteiger partial charge in [0.25, 0.3) is 5.91 Å². The Morgan fingerprint density at radius 1 is 1.14 bits per heavy atom. The number of carbonyl (C=O) groups excluding carboxylic acids is 1. The molecule has 7 nitrogen and oxygen atoms in total. The standard InChI is InChI=1S/C29H34N2O5S/c1-5-6-7-8-16-36-20(3)23-10-9-11-24(26(23)35-4)25-18-37-29(30-25)31-27(32)22-14-12-21(13-15-22)17-19(2)28(33)34/h9-15,17-18,20H,5-8,16H2,1-4H3,(H,33,34)(H,30,31,32)/b19-17+/t20-/m0/s1. The fourth-order valence-corrected chi connectivity index (χ4v) is 4.56. The largest absolute Gasteiger partial charge is 0.496 e. The van der Waals surface area contributed by atoms with Crippen LogP contribution >= 0.6 is 11.3 Å². The highest BCUT2D eigenvalue weighted by molar-refractivity contribution is 7.14. The van der Waals surface area contributed by atoms with Crippen molar-refractivity contribution in [2.24, 2.45) is 0 Å². The van der Waals surface area contributed by atoms with Crippen LogP contribution in [0.4, 0.5) is 5.13 Å². The quantitative estimate of drug-likeness (QED) is 0.182. The number of hydrogen-bond donors (Lipinski definition) is 2. The van der Waals surface area contributed by atoms with Crippen LogP contribution in [0.15, 0.2) is 53.4 Å². The number of carbonyl (C=O) groups is 2. The maximum Gasteiger partial charge on any atom is 0.331 e. The number of thiazole rings is 1. The molecule has 1 amide bonds. The van der Waals surface area contributed by atoms with Crippen LogP contribution in [0.3, 0.4) is 0 Å². The van der Waals surface area contributed by atoms with E-state index in [1.807, 2.05) is 30.5 Å². The van der Waals surface area contributed by atoms with Gasteiger partial charge < -0.3 is 14.6 Å². The fraction of sp³-hybridized carbons (Fsp3) is 0.345. The summed E-state index contributed by atoms with van der Waals surface area (Å²) in [5, 5.41) is 14.2. The predicted molar refractivity (Wildman–Crippen MR) is 148 cm³/mol. The number of para-hydroxylation sites is 1. The Morgan fingerprint density at radius 2 is 1.89 bits per heavy atom. The lowest BCUT2D eigenvalue weighted by atomic mass is 10.0. The van der Waals surface area contributed by atoms with Crippen LogP contribution in [-0.4, -0.2) is 35.7 Å². The number of aromatic nitrogens is 1. The molecule has 1 heterocycles. The third-order valence-electron chi connectivity index (χ3n) is 5.95. The molecule has 196 valence electrons. The van der Waals surface area contributed by atoms with Gasteiger partial charge in [-0.25, -0.2) is 9.78 Å². The average molecular weight is 523 g/mol. The van der Waals surface area contributed by atoms with Crippen LogP contribution in [-0.2, 0) is 9.53 Å². The minimum atomic E-state index is -0.979. The molecular weight excluding hydrogens is 488 g/mol. The molecule has 3 rings (SSSR count). The molecule has 0 saturated carbocycles. The average Bonchev–Trinajstić information content (AvgIpc) is 3.36. The summed E-state index contributed by atoms with van der Waals surface area (Å²) >= 11 is 1.33. The summed E-state index contributed by atoms with van der Waals surface area (Å²) in [6, 6.07) is 12.6. The topological polar surface area (TPSA) is 97.8 Å². The lowest BCUT2D eigenvalue weighted by Gasteiger charge is -2.18. The first-order chi connectivity index (χ1) is 17.8. The minimum absolute atomic E-state index is 0.119. The van der Waals surface area contributed by atoms with E-state index in [0.717, 1.165) is 17.5 Å². The number of nitrogens with zero attached hydrogens (tertiary/aromatic N) is 1. The lowest BCUT2D eigenvalue weighted by molar-refractivity contribution is -0.132. The third-order valence-corrected chi connectivity index (χ3v) is 6.71. The van der Waals surface area contributed by atoms with Gasteiger partial charge in [-0.3, -0.25) is 10.1 Å². The van der Waals surface area contributed by atoms with E-state index in [2.05, 4.69) is 17.2 Å². The van der Waals surface area contributed by atoms with Gasteiger partial charge in [0.1, 0.15) is 5.75 Å². The highest BCUT2D eigenvalue weighted by Gasteiger charge is 2.19. The van der Waals surface area contributed by atoms with Gasteiger partial charge >= 0.3 is 5.97 Å². The Hall–Kier alpha value is -3.49. The number of carboxylic acid groups (broad SMARTS) is 1. The Bertz CT molecular complexity index is 1230. The van der Waals surface area contributed by atoms with Gasteiger partial charge in [-0.15, -0.1) is 11.3 Å². The van der Waals surface area contributed by atoms with Crippen LogP contribution in [0.5, 0.6) is 5.75 Å². The van der Waals surface area contributed by atoms with Crippen molar-refractivity contribution >= 4 is 34.4 Å². The van der Waals surface area contributed by atoms with Crippen molar-refractivity contribution in [3.05, 3.63) is 70.1 Å². The molecule has 0 aliphatic heterocycles. The van der Waals surface area contributed by atoms with E-state index >= 15 is 0 Å². The number of anilines is 1. The summed E-state index contributed by atoms with van der Waals surface area (Å²) in [7, 11) is 1.64. The SMILES string of the molecule is CCCCCCO[C@@H](C)c1cccc(-c2csc(NC(=O)c3ccc(/C=C(\C)C(=O)O)cc3)n2)c1OC. The van der Waals surface area contributed by atoms with E-state index in [0.29, 0.717) is 34.3 Å². The summed E-state index contributed by atoms with van der Waals surface area (Å²) in [6.45, 7) is 6.45. The summed E-state index contributed by atoms with van der Waals surface area (Å²) in [4.78, 5) is 28.4. The van der Waals surface area contributed by atoms with Crippen LogP contribution in [0.1, 0.15) is 74.0 Å². The maximum atomic E-state index is 12.7. The molecule has 0 spiro atoms. The number of hydrogen-bond acceptors (Lipinski definition) is 6. The molecule has 0 aliphatic rings. The van der Waals surface area contributed by atoms with Crippen LogP contribution in [0.25, 0.3) is 17.3 Å². The number of methoxy groups -OCH3 is 1. The first-order valence-electron chi connectivity index (χ1n) is 12.4. The monoisotopic (exact) mass is 522 g/mol. The van der Waals surface area contributed by atoms with Crippen molar-refractivity contribution in [3.63, 3.8) is 0 Å². The first-order valence-corrected chi connectivity index (χ1v) is 13.3. The summed E-state index contributed by atoms with van der Waals surface area (Å²) in [5.74, 6) is -0.558. The van der Waals surface area contributed by atoms with Crippen molar-refractivity contribution in [2.75, 3.05) is 19.0 Å². The van der Waals surface area contributed by atoms with Crippen LogP contribution in [0.2, 0.25) is 0 Å². The Kier molecular flexibility index (Phi) is 10.4. The molecule has 0 unspecified atom stereocenters. The van der Waals surface area contributed by atoms with Gasteiger partial charge in [0, 0.05) is 34.3 Å². The van der Waals surface area contributed by atoms with Crippen LogP contribution < -0.4 is 10.1 Å². The Labute approximate surface area is 222 Å². The first kappa shape index (κ1) is 28.1. The van der Waals surface area contributed by atoms with E-state index in [9.17, 15) is 9.59 Å². The van der Waals surface area contributed by atoms with E-state index in [1.165, 1.54) is 37.5 Å². The molecule has 0 aliphatic carbocycles. The molecule has 2 N–H and O–H groups in total. The van der Waals surface area contributed by atoms with Crippen molar-refractivity contribution in [3.8, 4) is 17.0 Å².